The summed E-state index contributed by atoms with van der Waals surface area (Å²) in [4.78, 5) is 18.9. The Labute approximate surface area is 137 Å². The number of hydrogen-bond donors (Lipinski definition) is 1. The lowest BCUT2D eigenvalue weighted by molar-refractivity contribution is 0.0950. The molecule has 0 bridgehead atoms. The fraction of sp³-hybridized carbons (Fsp3) is 0.368. The number of pyridine rings is 1. The van der Waals surface area contributed by atoms with Crippen molar-refractivity contribution in [3.8, 4) is 0 Å². The van der Waals surface area contributed by atoms with Gasteiger partial charge in [0, 0.05) is 25.8 Å². The van der Waals surface area contributed by atoms with E-state index in [0.717, 1.165) is 24.3 Å². The van der Waals surface area contributed by atoms with Crippen molar-refractivity contribution in [3.63, 3.8) is 0 Å². The van der Waals surface area contributed by atoms with Crippen molar-refractivity contribution in [1.29, 1.82) is 0 Å². The third kappa shape index (κ3) is 4.09. The molecule has 1 saturated heterocycles. The lowest BCUT2D eigenvalue weighted by Crippen LogP contribution is -2.34. The van der Waals surface area contributed by atoms with Crippen LogP contribution in [0.5, 0.6) is 0 Å². The smallest absolute Gasteiger partial charge is 0.253 e. The minimum atomic E-state index is -0.0757. The van der Waals surface area contributed by atoms with Crippen molar-refractivity contribution < 1.29 is 4.79 Å². The van der Waals surface area contributed by atoms with Gasteiger partial charge in [0.05, 0.1) is 17.4 Å². The third-order valence-electron chi connectivity index (χ3n) is 4.30. The van der Waals surface area contributed by atoms with Crippen LogP contribution in [0.25, 0.3) is 0 Å². The van der Waals surface area contributed by atoms with Gasteiger partial charge in [0.1, 0.15) is 0 Å². The van der Waals surface area contributed by atoms with E-state index in [4.69, 9.17) is 0 Å². The average molecular weight is 309 g/mol. The second-order valence-corrected chi connectivity index (χ2v) is 6.29. The summed E-state index contributed by atoms with van der Waals surface area (Å²) < 4.78 is 0. The fourth-order valence-electron chi connectivity index (χ4n) is 3.03. The van der Waals surface area contributed by atoms with Crippen LogP contribution in [0.4, 0.5) is 5.69 Å². The van der Waals surface area contributed by atoms with E-state index in [0.29, 0.717) is 18.0 Å². The monoisotopic (exact) mass is 309 g/mol. The first-order chi connectivity index (χ1) is 11.2. The summed E-state index contributed by atoms with van der Waals surface area (Å²) in [5.74, 6) is 0.618. The van der Waals surface area contributed by atoms with Crippen LogP contribution in [0.2, 0.25) is 0 Å². The number of benzene rings is 1. The quantitative estimate of drug-likeness (QED) is 0.943. The van der Waals surface area contributed by atoms with Gasteiger partial charge < -0.3 is 10.2 Å². The highest BCUT2D eigenvalue weighted by Gasteiger charge is 2.18. The van der Waals surface area contributed by atoms with Crippen LogP contribution in [0.3, 0.4) is 0 Å². The minimum Gasteiger partial charge on any atom is -0.370 e. The number of rotatable bonds is 4. The number of nitrogens with one attached hydrogen (secondary N) is 1. The van der Waals surface area contributed by atoms with E-state index in [1.165, 1.54) is 12.8 Å². The summed E-state index contributed by atoms with van der Waals surface area (Å²) in [6.07, 6.45) is 5.97. The van der Waals surface area contributed by atoms with Gasteiger partial charge in [0.15, 0.2) is 0 Å². The number of hydrogen-bond acceptors (Lipinski definition) is 3. The molecular formula is C19H23N3O. The molecule has 2 aromatic rings. The molecule has 0 aliphatic carbocycles. The maximum Gasteiger partial charge on any atom is 0.253 e. The number of carbonyl (C=O) groups is 1. The van der Waals surface area contributed by atoms with E-state index in [1.807, 2.05) is 42.6 Å². The van der Waals surface area contributed by atoms with E-state index in [9.17, 15) is 4.79 Å². The third-order valence-corrected chi connectivity index (χ3v) is 4.30. The normalized spacial score (nSPS) is 17.8. The second-order valence-electron chi connectivity index (χ2n) is 6.29. The van der Waals surface area contributed by atoms with Crippen LogP contribution in [0.15, 0.2) is 48.8 Å². The molecule has 1 fully saturated rings. The van der Waals surface area contributed by atoms with Gasteiger partial charge >= 0.3 is 0 Å². The molecule has 4 nitrogen and oxygen atoms in total. The van der Waals surface area contributed by atoms with Crippen molar-refractivity contribution in [3.05, 3.63) is 59.9 Å². The largest absolute Gasteiger partial charge is 0.370 e. The molecule has 1 aliphatic heterocycles. The topological polar surface area (TPSA) is 45.2 Å². The van der Waals surface area contributed by atoms with Gasteiger partial charge in [-0.3, -0.25) is 9.78 Å². The van der Waals surface area contributed by atoms with Crippen molar-refractivity contribution in [2.45, 2.75) is 26.3 Å². The lowest BCUT2D eigenvalue weighted by Gasteiger charge is -2.32. The van der Waals surface area contributed by atoms with Gasteiger partial charge in [-0.2, -0.15) is 0 Å². The Morgan fingerprint density at radius 1 is 1.30 bits per heavy atom. The summed E-state index contributed by atoms with van der Waals surface area (Å²) in [7, 11) is 0. The van der Waals surface area contributed by atoms with Crippen molar-refractivity contribution in [1.82, 2.24) is 10.3 Å². The van der Waals surface area contributed by atoms with Crippen LogP contribution in [-0.2, 0) is 6.54 Å². The predicted molar refractivity (Wildman–Crippen MR) is 92.5 cm³/mol. The molecule has 0 saturated carbocycles. The summed E-state index contributed by atoms with van der Waals surface area (Å²) in [5.41, 5.74) is 2.76. The first-order valence-electron chi connectivity index (χ1n) is 8.24. The first-order valence-corrected chi connectivity index (χ1v) is 8.24. The zero-order valence-electron chi connectivity index (χ0n) is 13.5. The minimum absolute atomic E-state index is 0.0757. The Morgan fingerprint density at radius 3 is 2.91 bits per heavy atom. The number of piperidine rings is 1. The second kappa shape index (κ2) is 7.27. The lowest BCUT2D eigenvalue weighted by atomic mass is 10.00. The average Bonchev–Trinajstić information content (AvgIpc) is 2.61. The number of aromatic nitrogens is 1. The van der Waals surface area contributed by atoms with Crippen molar-refractivity contribution >= 4 is 11.6 Å². The molecule has 23 heavy (non-hydrogen) atoms. The first kappa shape index (κ1) is 15.5. The zero-order chi connectivity index (χ0) is 16.1. The molecule has 0 radical (unpaired) electrons. The van der Waals surface area contributed by atoms with E-state index in [1.54, 1.807) is 6.20 Å². The van der Waals surface area contributed by atoms with Crippen LogP contribution >= 0.6 is 0 Å². The molecule has 0 spiro atoms. The highest BCUT2D eigenvalue weighted by Crippen LogP contribution is 2.22. The van der Waals surface area contributed by atoms with Crippen molar-refractivity contribution in [2.75, 3.05) is 18.0 Å². The molecule has 3 rings (SSSR count). The molecular weight excluding hydrogens is 286 g/mol. The Hall–Kier alpha value is -2.36. The van der Waals surface area contributed by atoms with Crippen LogP contribution in [0.1, 0.15) is 35.7 Å². The molecule has 1 amide bonds. The van der Waals surface area contributed by atoms with E-state index < -0.39 is 0 Å². The summed E-state index contributed by atoms with van der Waals surface area (Å²) in [5, 5.41) is 2.96. The summed E-state index contributed by atoms with van der Waals surface area (Å²) in [6, 6.07) is 11.9. The summed E-state index contributed by atoms with van der Waals surface area (Å²) >= 11 is 0. The molecule has 1 aromatic carbocycles. The van der Waals surface area contributed by atoms with E-state index in [-0.39, 0.29) is 5.91 Å². The van der Waals surface area contributed by atoms with Gasteiger partial charge in [0.25, 0.3) is 5.91 Å². The molecule has 1 unspecified atom stereocenters. The van der Waals surface area contributed by atoms with Gasteiger partial charge in [-0.05, 0) is 30.4 Å². The molecule has 1 atom stereocenters. The Balaban J connectivity index is 1.65. The van der Waals surface area contributed by atoms with E-state index in [2.05, 4.69) is 22.1 Å². The standard InChI is InChI=1S/C19H23N3O/c1-15-6-5-9-22(14-15)18-10-17(12-20-13-18)19(23)21-11-16-7-3-2-4-8-16/h2-4,7-8,10,12-13,15H,5-6,9,11,14H2,1H3,(H,21,23). The number of nitrogens with zero attached hydrogens (tertiary/aromatic N) is 2. The van der Waals surface area contributed by atoms with Gasteiger partial charge in [0.2, 0.25) is 0 Å². The number of carbonyl (C=O) groups excluding carboxylic acids is 1. The molecule has 1 aliphatic rings. The molecule has 120 valence electrons. The highest BCUT2D eigenvalue weighted by molar-refractivity contribution is 5.94. The molecule has 1 N–H and O–H groups in total. The van der Waals surface area contributed by atoms with Gasteiger partial charge in [-0.1, -0.05) is 37.3 Å². The van der Waals surface area contributed by atoms with Crippen LogP contribution in [0, 0.1) is 5.92 Å². The van der Waals surface area contributed by atoms with Crippen LogP contribution in [-0.4, -0.2) is 24.0 Å². The zero-order valence-corrected chi connectivity index (χ0v) is 13.5. The number of amides is 1. The number of anilines is 1. The predicted octanol–water partition coefficient (Wildman–Crippen LogP) is 3.25. The maximum atomic E-state index is 12.3. The van der Waals surface area contributed by atoms with Crippen molar-refractivity contribution in [2.24, 2.45) is 5.92 Å². The van der Waals surface area contributed by atoms with E-state index >= 15 is 0 Å². The maximum absolute atomic E-state index is 12.3. The Bertz CT molecular complexity index is 657. The Morgan fingerprint density at radius 2 is 2.13 bits per heavy atom. The molecule has 4 heteroatoms. The summed E-state index contributed by atoms with van der Waals surface area (Å²) in [6.45, 7) is 4.89. The Kier molecular flexibility index (Phi) is 4.91. The SMILES string of the molecule is CC1CCCN(c2cncc(C(=O)NCc3ccccc3)c2)C1. The molecule has 2 heterocycles. The van der Waals surface area contributed by atoms with Gasteiger partial charge in [-0.25, -0.2) is 0 Å². The van der Waals surface area contributed by atoms with Crippen LogP contribution < -0.4 is 10.2 Å². The molecule has 1 aromatic heterocycles. The highest BCUT2D eigenvalue weighted by atomic mass is 16.1. The fourth-order valence-corrected chi connectivity index (χ4v) is 3.03. The van der Waals surface area contributed by atoms with Gasteiger partial charge in [-0.15, -0.1) is 0 Å².